The first-order valence-electron chi connectivity index (χ1n) is 20.1. The van der Waals surface area contributed by atoms with Crippen molar-refractivity contribution in [3.63, 3.8) is 0 Å². The lowest BCUT2D eigenvalue weighted by Crippen LogP contribution is -2.15. The summed E-state index contributed by atoms with van der Waals surface area (Å²) in [5.41, 5.74) is 3.17. The smallest absolute Gasteiger partial charge is 0.0681 e. The predicted molar refractivity (Wildman–Crippen MR) is 189 cm³/mol. The van der Waals surface area contributed by atoms with Crippen LogP contribution in [0.3, 0.4) is 0 Å². The van der Waals surface area contributed by atoms with Crippen LogP contribution in [-0.4, -0.2) is 13.2 Å². The molecule has 0 aliphatic heterocycles. The van der Waals surface area contributed by atoms with Crippen molar-refractivity contribution in [2.45, 2.75) is 194 Å². The van der Waals surface area contributed by atoms with Gasteiger partial charge in [-0.25, -0.2) is 0 Å². The van der Waals surface area contributed by atoms with E-state index in [-0.39, 0.29) is 0 Å². The van der Waals surface area contributed by atoms with Crippen LogP contribution in [0, 0.1) is 35.5 Å². The van der Waals surface area contributed by atoms with Gasteiger partial charge in [0.15, 0.2) is 0 Å². The highest BCUT2D eigenvalue weighted by Crippen LogP contribution is 2.37. The van der Waals surface area contributed by atoms with Crippen LogP contribution in [0.5, 0.6) is 0 Å². The van der Waals surface area contributed by atoms with Crippen molar-refractivity contribution in [1.82, 2.24) is 0 Å². The van der Waals surface area contributed by atoms with E-state index in [1.165, 1.54) is 180 Å². The Bertz CT molecular complexity index is 698. The van der Waals surface area contributed by atoms with Crippen LogP contribution < -0.4 is 0 Å². The average Bonchev–Trinajstić information content (AvgIpc) is 3.04. The van der Waals surface area contributed by atoms with Crippen LogP contribution in [0.1, 0.15) is 194 Å². The van der Waals surface area contributed by atoms with Crippen molar-refractivity contribution in [1.29, 1.82) is 0 Å². The van der Waals surface area contributed by atoms with Crippen molar-refractivity contribution >= 4 is 0 Å². The second kappa shape index (κ2) is 21.3. The molecule has 0 N–H and O–H groups in total. The molecule has 4 aliphatic rings. The van der Waals surface area contributed by atoms with Gasteiger partial charge in [0.2, 0.25) is 0 Å². The topological polar surface area (TPSA) is 9.23 Å². The SMILES string of the molecule is CCCCCC1CCC(CCCC2CC=C(COCC3=CCC(CCCC4CCC(CCCCC)CC4)CC3)CC2)CC1. The summed E-state index contributed by atoms with van der Waals surface area (Å²) < 4.78 is 6.25. The summed E-state index contributed by atoms with van der Waals surface area (Å²) in [7, 11) is 0. The normalized spacial score (nSPS) is 30.2. The number of hydrogen-bond acceptors (Lipinski definition) is 1. The highest BCUT2D eigenvalue weighted by atomic mass is 16.5. The predicted octanol–water partition coefficient (Wildman–Crippen LogP) is 13.6. The molecule has 2 unspecified atom stereocenters. The summed E-state index contributed by atoms with van der Waals surface area (Å²) in [6, 6.07) is 0. The quantitative estimate of drug-likeness (QED) is 0.101. The molecule has 0 amide bonds. The molecule has 4 rings (SSSR count). The lowest BCUT2D eigenvalue weighted by Gasteiger charge is -2.29. The van der Waals surface area contributed by atoms with Crippen molar-refractivity contribution in [2.75, 3.05) is 13.2 Å². The minimum absolute atomic E-state index is 0.885. The Morgan fingerprint density at radius 3 is 1.12 bits per heavy atom. The van der Waals surface area contributed by atoms with E-state index in [4.69, 9.17) is 4.74 Å². The molecule has 0 bridgehead atoms. The highest BCUT2D eigenvalue weighted by molar-refractivity contribution is 5.09. The molecule has 0 aromatic rings. The minimum atomic E-state index is 0.885. The molecule has 43 heavy (non-hydrogen) atoms. The van der Waals surface area contributed by atoms with Gasteiger partial charge in [-0.05, 0) is 85.2 Å². The van der Waals surface area contributed by atoms with Gasteiger partial charge in [0, 0.05) is 0 Å². The molecule has 0 aromatic heterocycles. The van der Waals surface area contributed by atoms with Crippen LogP contribution >= 0.6 is 0 Å². The molecule has 2 saturated carbocycles. The first-order valence-corrected chi connectivity index (χ1v) is 20.1. The van der Waals surface area contributed by atoms with Crippen LogP contribution in [0.2, 0.25) is 0 Å². The second-order valence-electron chi connectivity index (χ2n) is 16.1. The minimum Gasteiger partial charge on any atom is -0.373 e. The fraction of sp³-hybridized carbons (Fsp3) is 0.905. The summed E-state index contributed by atoms with van der Waals surface area (Å²) in [5, 5.41) is 0. The summed E-state index contributed by atoms with van der Waals surface area (Å²) in [6.07, 6.45) is 45.9. The molecule has 0 aromatic carbocycles. The molecule has 4 aliphatic carbocycles. The molecule has 0 saturated heterocycles. The molecule has 1 heteroatoms. The maximum Gasteiger partial charge on any atom is 0.0681 e. The van der Waals surface area contributed by atoms with Crippen molar-refractivity contribution in [2.24, 2.45) is 35.5 Å². The van der Waals surface area contributed by atoms with Gasteiger partial charge in [-0.1, -0.05) is 167 Å². The summed E-state index contributed by atoms with van der Waals surface area (Å²) in [6.45, 7) is 6.43. The largest absolute Gasteiger partial charge is 0.373 e. The Balaban J connectivity index is 0.971. The van der Waals surface area contributed by atoms with Gasteiger partial charge in [0.25, 0.3) is 0 Å². The van der Waals surface area contributed by atoms with Gasteiger partial charge >= 0.3 is 0 Å². The van der Waals surface area contributed by atoms with Gasteiger partial charge in [0.05, 0.1) is 13.2 Å². The first-order chi connectivity index (χ1) is 21.2. The maximum atomic E-state index is 6.25. The number of hydrogen-bond donors (Lipinski definition) is 0. The molecule has 0 radical (unpaired) electrons. The zero-order valence-electron chi connectivity index (χ0n) is 29.2. The summed E-state index contributed by atoms with van der Waals surface area (Å²) in [4.78, 5) is 0. The maximum absolute atomic E-state index is 6.25. The molecule has 1 nitrogen and oxygen atoms in total. The van der Waals surface area contributed by atoms with Crippen molar-refractivity contribution in [3.8, 4) is 0 Å². The number of ether oxygens (including phenoxy) is 1. The molecule has 248 valence electrons. The van der Waals surface area contributed by atoms with Crippen LogP contribution in [0.25, 0.3) is 0 Å². The summed E-state index contributed by atoms with van der Waals surface area (Å²) >= 11 is 0. The van der Waals surface area contributed by atoms with E-state index in [2.05, 4.69) is 26.0 Å². The lowest BCUT2D eigenvalue weighted by atomic mass is 9.77. The fourth-order valence-electron chi connectivity index (χ4n) is 9.36. The molecule has 0 spiro atoms. The Hall–Kier alpha value is -0.560. The van der Waals surface area contributed by atoms with Crippen LogP contribution in [-0.2, 0) is 4.74 Å². The van der Waals surface area contributed by atoms with Gasteiger partial charge < -0.3 is 4.74 Å². The number of rotatable bonds is 20. The Labute approximate surface area is 269 Å². The Morgan fingerprint density at radius 2 is 0.791 bits per heavy atom. The zero-order valence-corrected chi connectivity index (χ0v) is 29.2. The monoisotopic (exact) mass is 595 g/mol. The molecule has 2 fully saturated rings. The first kappa shape index (κ1) is 35.3. The molecular weight excluding hydrogens is 520 g/mol. The molecular formula is C42H74O. The Morgan fingerprint density at radius 1 is 0.442 bits per heavy atom. The van der Waals surface area contributed by atoms with Crippen molar-refractivity contribution in [3.05, 3.63) is 23.3 Å². The standard InChI is InChI=1S/C42H74O/c1-3-5-7-11-35-17-21-37(22-18-35)13-9-15-39-25-29-41(30-26-39)33-43-34-42-31-27-40(28-32-42)16-10-14-38-23-19-36(20-24-38)12-8-6-4-2/h29,31,35-40H,3-28,30,32-34H2,1-2H3. The van der Waals surface area contributed by atoms with Gasteiger partial charge in [0.1, 0.15) is 0 Å². The summed E-state index contributed by atoms with van der Waals surface area (Å²) in [5.74, 6) is 6.10. The van der Waals surface area contributed by atoms with Crippen LogP contribution in [0.15, 0.2) is 23.3 Å². The van der Waals surface area contributed by atoms with Gasteiger partial charge in [-0.15, -0.1) is 0 Å². The third-order valence-electron chi connectivity index (χ3n) is 12.6. The van der Waals surface area contributed by atoms with Crippen molar-refractivity contribution < 1.29 is 4.74 Å². The van der Waals surface area contributed by atoms with E-state index in [1.807, 2.05) is 0 Å². The average molecular weight is 595 g/mol. The van der Waals surface area contributed by atoms with Gasteiger partial charge in [-0.2, -0.15) is 0 Å². The fourth-order valence-corrected chi connectivity index (χ4v) is 9.36. The number of allylic oxidation sites excluding steroid dienone is 2. The van der Waals surface area contributed by atoms with E-state index >= 15 is 0 Å². The van der Waals surface area contributed by atoms with Crippen LogP contribution in [0.4, 0.5) is 0 Å². The van der Waals surface area contributed by atoms with Gasteiger partial charge in [-0.3, -0.25) is 0 Å². The third kappa shape index (κ3) is 14.2. The van der Waals surface area contributed by atoms with E-state index in [0.717, 1.165) is 48.7 Å². The van der Waals surface area contributed by atoms with E-state index in [0.29, 0.717) is 0 Å². The molecule has 2 atom stereocenters. The Kier molecular flexibility index (Phi) is 17.5. The third-order valence-corrected chi connectivity index (χ3v) is 12.6. The van der Waals surface area contributed by atoms with E-state index in [9.17, 15) is 0 Å². The highest BCUT2D eigenvalue weighted by Gasteiger charge is 2.23. The zero-order chi connectivity index (χ0) is 30.0. The number of unbranched alkanes of at least 4 members (excludes halogenated alkanes) is 4. The second-order valence-corrected chi connectivity index (χ2v) is 16.1. The van der Waals surface area contributed by atoms with E-state index < -0.39 is 0 Å². The van der Waals surface area contributed by atoms with E-state index in [1.54, 1.807) is 11.1 Å². The lowest BCUT2D eigenvalue weighted by molar-refractivity contribution is 0.169. The molecule has 0 heterocycles.